The molecule has 1 N–H and O–H groups in total. The van der Waals surface area contributed by atoms with Gasteiger partial charge in [-0.1, -0.05) is 18.2 Å². The monoisotopic (exact) mass is 405 g/mol. The van der Waals surface area contributed by atoms with Crippen LogP contribution in [0, 0.1) is 0 Å². The van der Waals surface area contributed by atoms with Gasteiger partial charge in [0.25, 0.3) is 0 Å². The van der Waals surface area contributed by atoms with E-state index in [9.17, 15) is 5.11 Å². The van der Waals surface area contributed by atoms with E-state index in [0.29, 0.717) is 25.6 Å². The van der Waals surface area contributed by atoms with E-state index < -0.39 is 5.60 Å². The molecule has 0 unspecified atom stereocenters. The molecule has 4 aromatic rings. The maximum Gasteiger partial charge on any atom is 0.226 e. The number of hydrogen-bond donors (Lipinski definition) is 1. The van der Waals surface area contributed by atoms with Crippen molar-refractivity contribution in [2.75, 3.05) is 13.2 Å². The molecule has 0 bridgehead atoms. The van der Waals surface area contributed by atoms with E-state index in [-0.39, 0.29) is 0 Å². The first kappa shape index (κ1) is 20.2. The van der Waals surface area contributed by atoms with Crippen molar-refractivity contribution in [3.8, 4) is 22.8 Å². The summed E-state index contributed by atoms with van der Waals surface area (Å²) in [6.45, 7) is 9.06. The van der Waals surface area contributed by atoms with Crippen molar-refractivity contribution in [1.29, 1.82) is 0 Å². The molecule has 0 atom stereocenters. The highest BCUT2D eigenvalue weighted by Gasteiger charge is 2.21. The Bertz CT molecular complexity index is 1190. The number of aliphatic hydroxyl groups is 1. The van der Waals surface area contributed by atoms with Crippen LogP contribution in [0.15, 0.2) is 48.9 Å². The van der Waals surface area contributed by atoms with Crippen LogP contribution in [0.2, 0.25) is 0 Å². The van der Waals surface area contributed by atoms with E-state index in [1.54, 1.807) is 13.8 Å². The van der Waals surface area contributed by atoms with E-state index in [2.05, 4.69) is 40.3 Å². The van der Waals surface area contributed by atoms with Gasteiger partial charge in [-0.3, -0.25) is 0 Å². The highest BCUT2D eigenvalue weighted by Crippen LogP contribution is 2.37. The van der Waals surface area contributed by atoms with Gasteiger partial charge in [-0.05, 0) is 62.2 Å². The minimum absolute atomic E-state index is 0.414. The second-order valence-corrected chi connectivity index (χ2v) is 7.95. The van der Waals surface area contributed by atoms with Gasteiger partial charge in [0.05, 0.1) is 30.7 Å². The molecule has 0 saturated carbocycles. The number of ether oxygens (including phenoxy) is 2. The fourth-order valence-electron chi connectivity index (χ4n) is 3.75. The molecule has 0 aliphatic carbocycles. The van der Waals surface area contributed by atoms with Crippen molar-refractivity contribution in [1.82, 2.24) is 14.5 Å². The summed E-state index contributed by atoms with van der Waals surface area (Å²) in [7, 11) is 0. The molecule has 2 aromatic carbocycles. The lowest BCUT2D eigenvalue weighted by atomic mass is 10.0. The predicted molar refractivity (Wildman–Crippen MR) is 119 cm³/mol. The van der Waals surface area contributed by atoms with Gasteiger partial charge in [0.1, 0.15) is 17.7 Å². The van der Waals surface area contributed by atoms with Gasteiger partial charge in [-0.2, -0.15) is 0 Å². The van der Waals surface area contributed by atoms with Crippen LogP contribution in [-0.4, -0.2) is 38.5 Å². The average Bonchev–Trinajstić information content (AvgIpc) is 3.06. The summed E-state index contributed by atoms with van der Waals surface area (Å²) in [5.41, 5.74) is 1.90. The van der Waals surface area contributed by atoms with Crippen LogP contribution in [0.3, 0.4) is 0 Å². The van der Waals surface area contributed by atoms with E-state index in [0.717, 1.165) is 38.7 Å². The van der Waals surface area contributed by atoms with Gasteiger partial charge in [-0.15, -0.1) is 0 Å². The maximum absolute atomic E-state index is 10.4. The van der Waals surface area contributed by atoms with Crippen molar-refractivity contribution in [3.63, 3.8) is 0 Å². The van der Waals surface area contributed by atoms with Gasteiger partial charge in [0.15, 0.2) is 0 Å². The molecule has 156 valence electrons. The minimum Gasteiger partial charge on any atom is -0.494 e. The highest BCUT2D eigenvalue weighted by atomic mass is 16.5. The summed E-state index contributed by atoms with van der Waals surface area (Å²) in [6.07, 6.45) is 3.53. The number of hydrogen-bond acceptors (Lipinski definition) is 5. The van der Waals surface area contributed by atoms with Gasteiger partial charge in [0.2, 0.25) is 5.88 Å². The molecular weight excluding hydrogens is 378 g/mol. The Hall–Kier alpha value is -3.12. The van der Waals surface area contributed by atoms with Crippen LogP contribution < -0.4 is 9.47 Å². The Morgan fingerprint density at radius 3 is 2.43 bits per heavy atom. The standard InChI is InChI=1S/C24H27N3O3/c1-5-29-19-10-9-16-11-18(8-7-17(16)12-19)20-13-27(14-24(3,4)28)22-21(20)23(30-6-2)26-15-25-22/h7-13,15,28H,5-6,14H2,1-4H3. The molecule has 6 heteroatoms. The van der Waals surface area contributed by atoms with Crippen LogP contribution in [-0.2, 0) is 6.54 Å². The van der Waals surface area contributed by atoms with E-state index >= 15 is 0 Å². The molecule has 0 aliphatic rings. The topological polar surface area (TPSA) is 69.4 Å². The zero-order valence-corrected chi connectivity index (χ0v) is 17.8. The predicted octanol–water partition coefficient (Wildman–Crippen LogP) is 4.82. The number of nitrogens with zero attached hydrogens (tertiary/aromatic N) is 3. The molecule has 6 nitrogen and oxygen atoms in total. The van der Waals surface area contributed by atoms with Gasteiger partial charge >= 0.3 is 0 Å². The molecule has 0 radical (unpaired) electrons. The Labute approximate surface area is 176 Å². The number of benzene rings is 2. The lowest BCUT2D eigenvalue weighted by Crippen LogP contribution is -2.25. The first-order chi connectivity index (χ1) is 14.4. The van der Waals surface area contributed by atoms with Crippen molar-refractivity contribution in [2.24, 2.45) is 0 Å². The SMILES string of the molecule is CCOc1ccc2cc(-c3cn(CC(C)(C)O)c4ncnc(OCC)c34)ccc2c1. The van der Waals surface area contributed by atoms with E-state index in [1.807, 2.05) is 30.7 Å². The quantitative estimate of drug-likeness (QED) is 0.477. The highest BCUT2D eigenvalue weighted by molar-refractivity contribution is 6.00. The molecule has 30 heavy (non-hydrogen) atoms. The molecule has 0 aliphatic heterocycles. The summed E-state index contributed by atoms with van der Waals surface area (Å²) in [4.78, 5) is 8.85. The summed E-state index contributed by atoms with van der Waals surface area (Å²) in [5.74, 6) is 1.42. The lowest BCUT2D eigenvalue weighted by Gasteiger charge is -2.18. The van der Waals surface area contributed by atoms with E-state index in [4.69, 9.17) is 9.47 Å². The first-order valence-electron chi connectivity index (χ1n) is 10.3. The second-order valence-electron chi connectivity index (χ2n) is 7.95. The van der Waals surface area contributed by atoms with Crippen molar-refractivity contribution in [3.05, 3.63) is 48.9 Å². The molecule has 4 rings (SSSR count). The van der Waals surface area contributed by atoms with Gasteiger partial charge < -0.3 is 19.1 Å². The van der Waals surface area contributed by atoms with Crippen molar-refractivity contribution in [2.45, 2.75) is 39.8 Å². The Morgan fingerprint density at radius 2 is 1.70 bits per heavy atom. The van der Waals surface area contributed by atoms with Gasteiger partial charge in [0, 0.05) is 11.8 Å². The zero-order chi connectivity index (χ0) is 21.3. The zero-order valence-electron chi connectivity index (χ0n) is 17.8. The molecule has 0 spiro atoms. The first-order valence-corrected chi connectivity index (χ1v) is 10.3. The van der Waals surface area contributed by atoms with Crippen LogP contribution in [0.4, 0.5) is 0 Å². The van der Waals surface area contributed by atoms with Crippen LogP contribution in [0.5, 0.6) is 11.6 Å². The number of aromatic nitrogens is 3. The molecule has 2 aromatic heterocycles. The molecule has 0 saturated heterocycles. The average molecular weight is 405 g/mol. The summed E-state index contributed by atoms with van der Waals surface area (Å²) >= 11 is 0. The number of fused-ring (bicyclic) bond motifs is 2. The van der Waals surface area contributed by atoms with Crippen molar-refractivity contribution < 1.29 is 14.6 Å². The number of rotatable bonds is 7. The fourth-order valence-corrected chi connectivity index (χ4v) is 3.75. The molecule has 2 heterocycles. The third-order valence-electron chi connectivity index (χ3n) is 4.89. The van der Waals surface area contributed by atoms with Crippen molar-refractivity contribution >= 4 is 21.8 Å². The molecule has 0 amide bonds. The molecular formula is C24H27N3O3. The Kier molecular flexibility index (Phi) is 5.35. The maximum atomic E-state index is 10.4. The Balaban J connectivity index is 1.89. The lowest BCUT2D eigenvalue weighted by molar-refractivity contribution is 0.0627. The van der Waals surface area contributed by atoms with Crippen LogP contribution >= 0.6 is 0 Å². The third-order valence-corrected chi connectivity index (χ3v) is 4.89. The summed E-state index contributed by atoms with van der Waals surface area (Å²) in [6, 6.07) is 12.4. The summed E-state index contributed by atoms with van der Waals surface area (Å²) < 4.78 is 13.4. The Morgan fingerprint density at radius 1 is 0.967 bits per heavy atom. The normalized spacial score (nSPS) is 11.9. The van der Waals surface area contributed by atoms with Crippen LogP contribution in [0.1, 0.15) is 27.7 Å². The smallest absolute Gasteiger partial charge is 0.226 e. The minimum atomic E-state index is -0.876. The van der Waals surface area contributed by atoms with E-state index in [1.165, 1.54) is 6.33 Å². The molecule has 0 fully saturated rings. The second kappa shape index (κ2) is 7.95. The fraction of sp³-hybridized carbons (Fsp3) is 0.333. The van der Waals surface area contributed by atoms with Crippen LogP contribution in [0.25, 0.3) is 32.9 Å². The van der Waals surface area contributed by atoms with Gasteiger partial charge in [-0.25, -0.2) is 9.97 Å². The third kappa shape index (κ3) is 3.96. The largest absolute Gasteiger partial charge is 0.494 e. The summed E-state index contributed by atoms with van der Waals surface area (Å²) in [5, 5.41) is 13.5.